The van der Waals surface area contributed by atoms with Gasteiger partial charge in [0.1, 0.15) is 16.2 Å². The van der Waals surface area contributed by atoms with Crippen LogP contribution in [0.25, 0.3) is 17.2 Å². The molecule has 0 fully saturated rings. The number of hydrogen-bond acceptors (Lipinski definition) is 6. The molecule has 0 aliphatic rings. The van der Waals surface area contributed by atoms with Gasteiger partial charge in [-0.2, -0.15) is 0 Å². The van der Waals surface area contributed by atoms with Crippen LogP contribution in [0.1, 0.15) is 5.76 Å². The number of rotatable bonds is 6. The first kappa shape index (κ1) is 18.9. The van der Waals surface area contributed by atoms with Crippen LogP contribution in [-0.4, -0.2) is 16.1 Å². The Balaban J connectivity index is 1.59. The molecular weight excluding hydrogens is 462 g/mol. The van der Waals surface area contributed by atoms with Crippen molar-refractivity contribution in [3.05, 3.63) is 75.8 Å². The van der Waals surface area contributed by atoms with Gasteiger partial charge in [-0.1, -0.05) is 42.1 Å². The number of para-hydroxylation sites is 2. The quantitative estimate of drug-likeness (QED) is 0.251. The van der Waals surface area contributed by atoms with Crippen LogP contribution in [0.4, 0.5) is 0 Å². The molecule has 0 amide bonds. The van der Waals surface area contributed by atoms with Gasteiger partial charge in [-0.05, 0) is 58.0 Å². The summed E-state index contributed by atoms with van der Waals surface area (Å²) in [4.78, 5) is 17.1. The van der Waals surface area contributed by atoms with Crippen molar-refractivity contribution in [2.75, 3.05) is 0 Å². The predicted octanol–water partition coefficient (Wildman–Crippen LogP) is 6.55. The highest BCUT2D eigenvalue weighted by atomic mass is 79.9. The molecule has 2 aromatic carbocycles. The highest BCUT2D eigenvalue weighted by Crippen LogP contribution is 2.37. The number of oxazole rings is 1. The minimum atomic E-state index is -1.09. The summed E-state index contributed by atoms with van der Waals surface area (Å²) in [5, 5.41) is 10.5. The zero-order valence-corrected chi connectivity index (χ0v) is 17.4. The van der Waals surface area contributed by atoms with E-state index in [-0.39, 0.29) is 10.1 Å². The third-order valence-electron chi connectivity index (χ3n) is 3.58. The number of hydrogen-bond donors (Lipinski definition) is 1. The molecule has 4 aromatic rings. The van der Waals surface area contributed by atoms with Crippen molar-refractivity contribution in [2.24, 2.45) is 0 Å². The van der Waals surface area contributed by atoms with E-state index in [0.717, 1.165) is 21.1 Å². The first-order chi connectivity index (χ1) is 13.6. The average molecular weight is 474 g/mol. The molecule has 0 saturated heterocycles. The number of nitrogens with zero attached hydrogens (tertiary/aromatic N) is 1. The van der Waals surface area contributed by atoms with Crippen LogP contribution in [0.5, 0.6) is 0 Å². The fraction of sp³-hybridized carbons (Fsp3) is 0. The number of fused-ring (bicyclic) bond motifs is 1. The molecule has 0 saturated carbocycles. The van der Waals surface area contributed by atoms with Crippen LogP contribution in [0.2, 0.25) is 0 Å². The summed E-state index contributed by atoms with van der Waals surface area (Å²) in [7, 11) is 0. The first-order valence-corrected chi connectivity index (χ1v) is 10.5. The molecule has 0 spiro atoms. The molecule has 0 aliphatic heterocycles. The molecule has 0 bridgehead atoms. The molecule has 2 aromatic heterocycles. The Hall–Kier alpha value is -2.42. The molecule has 0 radical (unpaired) electrons. The van der Waals surface area contributed by atoms with Gasteiger partial charge < -0.3 is 13.9 Å². The van der Waals surface area contributed by atoms with Gasteiger partial charge in [-0.3, -0.25) is 0 Å². The summed E-state index contributed by atoms with van der Waals surface area (Å²) in [5.74, 6) is -0.664. The van der Waals surface area contributed by atoms with E-state index in [4.69, 9.17) is 8.83 Å². The lowest BCUT2D eigenvalue weighted by atomic mass is 10.3. The number of carbonyl (C=O) groups is 1. The molecule has 8 heteroatoms. The van der Waals surface area contributed by atoms with Gasteiger partial charge >= 0.3 is 5.97 Å². The maximum Gasteiger partial charge on any atom is 0.342 e. The maximum atomic E-state index is 11.7. The Kier molecular flexibility index (Phi) is 5.61. The van der Waals surface area contributed by atoms with Crippen molar-refractivity contribution in [2.45, 2.75) is 15.2 Å². The molecule has 0 unspecified atom stereocenters. The lowest BCUT2D eigenvalue weighted by Crippen LogP contribution is -1.96. The fourth-order valence-corrected chi connectivity index (χ4v) is 4.44. The van der Waals surface area contributed by atoms with Gasteiger partial charge in [-0.15, -0.1) is 0 Å². The Morgan fingerprint density at radius 1 is 1.07 bits per heavy atom. The van der Waals surface area contributed by atoms with Crippen molar-refractivity contribution in [1.82, 2.24) is 4.98 Å². The number of carboxylic acid groups (broad SMARTS) is 1. The van der Waals surface area contributed by atoms with E-state index < -0.39 is 5.97 Å². The van der Waals surface area contributed by atoms with E-state index in [9.17, 15) is 9.90 Å². The van der Waals surface area contributed by atoms with Crippen molar-refractivity contribution in [1.29, 1.82) is 0 Å². The molecule has 0 aliphatic carbocycles. The van der Waals surface area contributed by atoms with E-state index in [2.05, 4.69) is 20.9 Å². The standard InChI is InChI=1S/C20H12BrNO4S2/c21-14-10-12(25-19(14)27-13-6-2-1-3-7-13)11-17(18(23)24)28-20-22-15-8-4-5-9-16(15)26-20/h1-11H,(H,23,24)/b17-11-. The van der Waals surface area contributed by atoms with Gasteiger partial charge in [0, 0.05) is 11.0 Å². The van der Waals surface area contributed by atoms with E-state index in [1.165, 1.54) is 17.8 Å². The normalized spacial score (nSPS) is 11.8. The van der Waals surface area contributed by atoms with Crippen molar-refractivity contribution < 1.29 is 18.7 Å². The third kappa shape index (κ3) is 4.35. The molecular formula is C20H12BrNO4S2. The minimum absolute atomic E-state index is 0.0454. The average Bonchev–Trinajstić information content (AvgIpc) is 3.24. The third-order valence-corrected chi connectivity index (χ3v) is 6.29. The summed E-state index contributed by atoms with van der Waals surface area (Å²) in [6.45, 7) is 0. The van der Waals surface area contributed by atoms with E-state index in [1.807, 2.05) is 48.5 Å². The summed E-state index contributed by atoms with van der Waals surface area (Å²) in [6.07, 6.45) is 1.46. The van der Waals surface area contributed by atoms with Crippen LogP contribution in [0.15, 0.2) is 94.1 Å². The lowest BCUT2D eigenvalue weighted by Gasteiger charge is -1.98. The van der Waals surface area contributed by atoms with Crippen LogP contribution in [-0.2, 0) is 4.79 Å². The van der Waals surface area contributed by atoms with Crippen molar-refractivity contribution >= 4 is 62.6 Å². The molecule has 28 heavy (non-hydrogen) atoms. The Morgan fingerprint density at radius 2 is 1.82 bits per heavy atom. The summed E-state index contributed by atoms with van der Waals surface area (Å²) in [5.41, 5.74) is 1.29. The summed E-state index contributed by atoms with van der Waals surface area (Å²) in [6, 6.07) is 18.8. The molecule has 2 heterocycles. The molecule has 0 atom stereocenters. The van der Waals surface area contributed by atoms with Gasteiger partial charge in [0.15, 0.2) is 10.7 Å². The molecule has 5 nitrogen and oxygen atoms in total. The number of aromatic nitrogens is 1. The van der Waals surface area contributed by atoms with Crippen LogP contribution >= 0.6 is 39.5 Å². The van der Waals surface area contributed by atoms with Crippen molar-refractivity contribution in [3.8, 4) is 0 Å². The minimum Gasteiger partial charge on any atom is -0.477 e. The molecule has 4 rings (SSSR count). The number of furan rings is 1. The Bertz CT molecular complexity index is 1130. The summed E-state index contributed by atoms with van der Waals surface area (Å²) >= 11 is 5.85. The Morgan fingerprint density at radius 3 is 2.57 bits per heavy atom. The highest BCUT2D eigenvalue weighted by Gasteiger charge is 2.17. The van der Waals surface area contributed by atoms with Gasteiger partial charge in [0.25, 0.3) is 5.22 Å². The second-order valence-corrected chi connectivity index (χ2v) is 8.46. The van der Waals surface area contributed by atoms with Crippen LogP contribution in [0.3, 0.4) is 0 Å². The fourth-order valence-electron chi connectivity index (χ4n) is 2.36. The van der Waals surface area contributed by atoms with Gasteiger partial charge in [0.05, 0.1) is 4.47 Å². The highest BCUT2D eigenvalue weighted by molar-refractivity contribution is 9.10. The largest absolute Gasteiger partial charge is 0.477 e. The van der Waals surface area contributed by atoms with E-state index in [0.29, 0.717) is 22.0 Å². The topological polar surface area (TPSA) is 76.5 Å². The molecule has 1 N–H and O–H groups in total. The van der Waals surface area contributed by atoms with Crippen LogP contribution < -0.4 is 0 Å². The van der Waals surface area contributed by atoms with Crippen LogP contribution in [0, 0.1) is 0 Å². The molecule has 140 valence electrons. The smallest absolute Gasteiger partial charge is 0.342 e. The van der Waals surface area contributed by atoms with Crippen molar-refractivity contribution in [3.63, 3.8) is 0 Å². The van der Waals surface area contributed by atoms with Gasteiger partial charge in [0.2, 0.25) is 0 Å². The second kappa shape index (κ2) is 8.30. The zero-order chi connectivity index (χ0) is 19.5. The first-order valence-electron chi connectivity index (χ1n) is 8.09. The van der Waals surface area contributed by atoms with E-state index in [1.54, 1.807) is 12.1 Å². The van der Waals surface area contributed by atoms with Gasteiger partial charge in [-0.25, -0.2) is 9.78 Å². The zero-order valence-electron chi connectivity index (χ0n) is 14.2. The maximum absolute atomic E-state index is 11.7. The second-order valence-electron chi connectivity index (χ2n) is 5.56. The summed E-state index contributed by atoms with van der Waals surface area (Å²) < 4.78 is 12.2. The Labute approximate surface area is 177 Å². The monoisotopic (exact) mass is 473 g/mol. The predicted molar refractivity (Wildman–Crippen MR) is 112 cm³/mol. The SMILES string of the molecule is O=C(O)/C(=C/c1cc(Br)c(Sc2ccccc2)o1)Sc1nc2ccccc2o1. The number of aliphatic carboxylic acids is 1. The van der Waals surface area contributed by atoms with E-state index >= 15 is 0 Å². The lowest BCUT2D eigenvalue weighted by molar-refractivity contribution is -0.131. The number of carboxylic acids is 1. The number of halogens is 1. The number of benzene rings is 2. The number of thioether (sulfide) groups is 1.